The van der Waals surface area contributed by atoms with Crippen LogP contribution in [0.2, 0.25) is 0 Å². The van der Waals surface area contributed by atoms with Gasteiger partial charge in [0, 0.05) is 12.2 Å². The number of rotatable bonds is 6. The van der Waals surface area contributed by atoms with Crippen LogP contribution in [0.1, 0.15) is 37.8 Å². The Morgan fingerprint density at radius 3 is 2.28 bits per heavy atom. The molecule has 1 aliphatic rings. The zero-order valence-electron chi connectivity index (χ0n) is 14.8. The molecule has 3 nitrogen and oxygen atoms in total. The number of hydrogen-bond donors (Lipinski definition) is 0. The molecule has 0 spiro atoms. The Kier molecular flexibility index (Phi) is 5.49. The van der Waals surface area contributed by atoms with Crippen molar-refractivity contribution in [2.24, 2.45) is 0 Å². The molecule has 1 amide bonds. The minimum atomic E-state index is -0.232. The first-order valence-corrected chi connectivity index (χ1v) is 9.30. The average Bonchev–Trinajstić information content (AvgIpc) is 2.84. The van der Waals surface area contributed by atoms with E-state index in [-0.39, 0.29) is 11.9 Å². The van der Waals surface area contributed by atoms with Gasteiger partial charge in [-0.05, 0) is 55.2 Å². The van der Waals surface area contributed by atoms with E-state index >= 15 is 0 Å². The highest BCUT2D eigenvalue weighted by atomic mass is 32.1. The highest BCUT2D eigenvalue weighted by Crippen LogP contribution is 2.27. The van der Waals surface area contributed by atoms with Gasteiger partial charge in [0.2, 0.25) is 0 Å². The molecule has 130 valence electrons. The lowest BCUT2D eigenvalue weighted by Gasteiger charge is -2.22. The molecule has 2 aromatic rings. The molecular formula is C21H24N2OS. The third kappa shape index (κ3) is 3.74. The molecule has 25 heavy (non-hydrogen) atoms. The number of benzene rings is 2. The van der Waals surface area contributed by atoms with Crippen LogP contribution in [-0.2, 0) is 11.2 Å². The molecule has 0 radical (unpaired) electrons. The molecule has 0 bridgehead atoms. The summed E-state index contributed by atoms with van der Waals surface area (Å²) in [6, 6.07) is 18.6. The number of unbranched alkanes of at least 4 members (excludes halogenated alkanes) is 1. The Bertz CT molecular complexity index is 742. The minimum Gasteiger partial charge on any atom is -0.306 e. The van der Waals surface area contributed by atoms with Crippen LogP contribution in [0.25, 0.3) is 0 Å². The molecule has 3 rings (SSSR count). The summed E-state index contributed by atoms with van der Waals surface area (Å²) in [6.45, 7) is 4.76. The van der Waals surface area contributed by atoms with Crippen molar-refractivity contribution in [1.29, 1.82) is 0 Å². The van der Waals surface area contributed by atoms with E-state index in [2.05, 4.69) is 55.5 Å². The van der Waals surface area contributed by atoms with Gasteiger partial charge < -0.3 is 4.90 Å². The minimum absolute atomic E-state index is 0.104. The third-order valence-corrected chi connectivity index (χ3v) is 5.07. The van der Waals surface area contributed by atoms with Crippen molar-refractivity contribution in [3.05, 3.63) is 65.7 Å². The predicted molar refractivity (Wildman–Crippen MR) is 107 cm³/mol. The highest BCUT2D eigenvalue weighted by Gasteiger charge is 2.39. The number of hydrogen-bond acceptors (Lipinski definition) is 2. The van der Waals surface area contributed by atoms with E-state index in [1.165, 1.54) is 11.1 Å². The molecule has 1 fully saturated rings. The normalized spacial score (nSPS) is 17.4. The van der Waals surface area contributed by atoms with Gasteiger partial charge in [0.15, 0.2) is 5.11 Å². The first kappa shape index (κ1) is 17.6. The van der Waals surface area contributed by atoms with Gasteiger partial charge in [-0.2, -0.15) is 0 Å². The quantitative estimate of drug-likeness (QED) is 0.720. The molecule has 0 saturated carbocycles. The number of amides is 1. The molecule has 1 aliphatic heterocycles. The number of anilines is 1. The standard InChI is InChI=1S/C21H24N2OS/c1-3-4-14-22-20(24)16(2)23(21(22)25)19-12-10-18(11-13-19)15-17-8-6-5-7-9-17/h5-13,16H,3-4,14-15H2,1-2H3. The Balaban J connectivity index is 1.75. The fraction of sp³-hybridized carbons (Fsp3) is 0.333. The topological polar surface area (TPSA) is 23.6 Å². The van der Waals surface area contributed by atoms with Crippen LogP contribution in [-0.4, -0.2) is 28.5 Å². The molecule has 4 heteroatoms. The van der Waals surface area contributed by atoms with Gasteiger partial charge >= 0.3 is 0 Å². The van der Waals surface area contributed by atoms with Crippen LogP contribution >= 0.6 is 12.2 Å². The van der Waals surface area contributed by atoms with E-state index in [4.69, 9.17) is 12.2 Å². The summed E-state index contributed by atoms with van der Waals surface area (Å²) in [4.78, 5) is 16.2. The number of thiocarbonyl (C=S) groups is 1. The van der Waals surface area contributed by atoms with E-state index in [0.29, 0.717) is 11.7 Å². The summed E-state index contributed by atoms with van der Waals surface area (Å²) in [5, 5.41) is 0.627. The monoisotopic (exact) mass is 352 g/mol. The Labute approximate surface area is 155 Å². The summed E-state index contributed by atoms with van der Waals surface area (Å²) in [7, 11) is 0. The third-order valence-electron chi connectivity index (χ3n) is 4.65. The summed E-state index contributed by atoms with van der Waals surface area (Å²) in [5.41, 5.74) is 3.53. The van der Waals surface area contributed by atoms with Gasteiger partial charge in [0.25, 0.3) is 5.91 Å². The van der Waals surface area contributed by atoms with Crippen LogP contribution < -0.4 is 4.90 Å². The van der Waals surface area contributed by atoms with Gasteiger partial charge in [0.05, 0.1) is 0 Å². The Morgan fingerprint density at radius 2 is 1.64 bits per heavy atom. The lowest BCUT2D eigenvalue weighted by molar-refractivity contribution is -0.126. The molecule has 0 aromatic heterocycles. The molecule has 1 unspecified atom stereocenters. The van der Waals surface area contributed by atoms with Gasteiger partial charge in [-0.3, -0.25) is 9.69 Å². The van der Waals surface area contributed by atoms with Crippen LogP contribution in [0, 0.1) is 0 Å². The van der Waals surface area contributed by atoms with Crippen molar-refractivity contribution < 1.29 is 4.79 Å². The fourth-order valence-electron chi connectivity index (χ4n) is 3.19. The van der Waals surface area contributed by atoms with E-state index in [9.17, 15) is 4.79 Å². The van der Waals surface area contributed by atoms with E-state index < -0.39 is 0 Å². The fourth-order valence-corrected chi connectivity index (χ4v) is 3.63. The number of carbonyl (C=O) groups is 1. The first-order valence-electron chi connectivity index (χ1n) is 8.89. The lowest BCUT2D eigenvalue weighted by atomic mass is 10.0. The maximum Gasteiger partial charge on any atom is 0.251 e. The first-order chi connectivity index (χ1) is 12.1. The Morgan fingerprint density at radius 1 is 1.00 bits per heavy atom. The van der Waals surface area contributed by atoms with Gasteiger partial charge in [-0.1, -0.05) is 55.8 Å². The van der Waals surface area contributed by atoms with Crippen molar-refractivity contribution >= 4 is 28.9 Å². The molecule has 1 saturated heterocycles. The molecular weight excluding hydrogens is 328 g/mol. The molecule has 2 aromatic carbocycles. The highest BCUT2D eigenvalue weighted by molar-refractivity contribution is 7.80. The van der Waals surface area contributed by atoms with Crippen molar-refractivity contribution in [1.82, 2.24) is 4.90 Å². The second-order valence-electron chi connectivity index (χ2n) is 6.50. The smallest absolute Gasteiger partial charge is 0.251 e. The van der Waals surface area contributed by atoms with E-state index in [1.807, 2.05) is 17.9 Å². The molecule has 0 N–H and O–H groups in total. The van der Waals surface area contributed by atoms with Crippen LogP contribution in [0.5, 0.6) is 0 Å². The van der Waals surface area contributed by atoms with Crippen LogP contribution in [0.4, 0.5) is 5.69 Å². The average molecular weight is 353 g/mol. The zero-order chi connectivity index (χ0) is 17.8. The van der Waals surface area contributed by atoms with Gasteiger partial charge in [0.1, 0.15) is 6.04 Å². The number of nitrogens with zero attached hydrogens (tertiary/aromatic N) is 2. The second-order valence-corrected chi connectivity index (χ2v) is 6.87. The van der Waals surface area contributed by atoms with E-state index in [1.54, 1.807) is 4.90 Å². The second kappa shape index (κ2) is 7.79. The SMILES string of the molecule is CCCCN1C(=O)C(C)N(c2ccc(Cc3ccccc3)cc2)C1=S. The van der Waals surface area contributed by atoms with Crippen molar-refractivity contribution in [3.63, 3.8) is 0 Å². The van der Waals surface area contributed by atoms with Gasteiger partial charge in [-0.25, -0.2) is 0 Å². The lowest BCUT2D eigenvalue weighted by Crippen LogP contribution is -2.34. The van der Waals surface area contributed by atoms with Crippen molar-refractivity contribution in [2.45, 2.75) is 39.2 Å². The molecule has 0 aliphatic carbocycles. The maximum absolute atomic E-state index is 12.5. The Hall–Kier alpha value is -2.20. The maximum atomic E-state index is 12.5. The summed E-state index contributed by atoms with van der Waals surface area (Å²) < 4.78 is 0. The van der Waals surface area contributed by atoms with Crippen LogP contribution in [0.15, 0.2) is 54.6 Å². The van der Waals surface area contributed by atoms with Crippen molar-refractivity contribution in [2.75, 3.05) is 11.4 Å². The van der Waals surface area contributed by atoms with Crippen LogP contribution in [0.3, 0.4) is 0 Å². The largest absolute Gasteiger partial charge is 0.306 e. The predicted octanol–water partition coefficient (Wildman–Crippen LogP) is 4.40. The van der Waals surface area contributed by atoms with Crippen molar-refractivity contribution in [3.8, 4) is 0 Å². The molecule has 1 heterocycles. The van der Waals surface area contributed by atoms with E-state index in [0.717, 1.165) is 24.9 Å². The molecule has 1 atom stereocenters. The summed E-state index contributed by atoms with van der Waals surface area (Å²) in [6.07, 6.45) is 2.93. The van der Waals surface area contributed by atoms with Gasteiger partial charge in [-0.15, -0.1) is 0 Å². The number of carbonyl (C=O) groups excluding carboxylic acids is 1. The summed E-state index contributed by atoms with van der Waals surface area (Å²) in [5.74, 6) is 0.104. The zero-order valence-corrected chi connectivity index (χ0v) is 15.6. The summed E-state index contributed by atoms with van der Waals surface area (Å²) >= 11 is 5.58.